The maximum atomic E-state index is 13.7. The molecule has 8 bridgehead atoms. The fourth-order valence-corrected chi connectivity index (χ4v) is 11.1. The Bertz CT molecular complexity index is 4200. The number of amides is 1. The fourth-order valence-electron chi connectivity index (χ4n) is 10.9. The molecule has 2 aliphatic rings. The SMILES string of the molecule is COc1ccc2nc3cc(Cl)ccc3c(NCCCCCCCCNC(=O)c3ccc(-c4c5nc(c(-c6cc[n+](C)cc6)c6ccc([nH]6)c(-c6cc[n+](C)cc6)c6nc(c(-c7cc[n+](C)cc7)c7ccc4[nH]7)C=C6)C=C5)cc3)c2c1.[I-].[I-].[I-]. The smallest absolute Gasteiger partial charge is 0.251 e. The minimum Gasteiger partial charge on any atom is -1.00 e. The van der Waals surface area contributed by atoms with Crippen molar-refractivity contribution < 1.29 is 95.2 Å². The van der Waals surface area contributed by atoms with Crippen LogP contribution in [0, 0.1) is 0 Å². The molecule has 16 heteroatoms. The summed E-state index contributed by atoms with van der Waals surface area (Å²) in [5.74, 6) is 0.711. The number of carbonyl (C=O) groups excluding carboxylic acids is 1. The highest BCUT2D eigenvalue weighted by Gasteiger charge is 2.21. The molecule has 2 aliphatic heterocycles. The minimum atomic E-state index is -0.0860. The van der Waals surface area contributed by atoms with E-state index in [2.05, 4.69) is 143 Å². The number of hydrogen-bond acceptors (Lipinski definition) is 6. The van der Waals surface area contributed by atoms with Gasteiger partial charge in [-0.25, -0.2) is 28.7 Å². The number of fused-ring (bicyclic) bond motifs is 10. The Morgan fingerprint density at radius 2 is 0.916 bits per heavy atom. The number of hydrogen-bond donors (Lipinski definition) is 4. The van der Waals surface area contributed by atoms with Crippen LogP contribution in [0.1, 0.15) is 71.7 Å². The molecule has 7 aromatic heterocycles. The van der Waals surface area contributed by atoms with Crippen LogP contribution >= 0.6 is 11.6 Å². The van der Waals surface area contributed by atoms with E-state index in [1.165, 1.54) is 0 Å². The third kappa shape index (κ3) is 13.2. The summed E-state index contributed by atoms with van der Waals surface area (Å²) < 4.78 is 11.7. The van der Waals surface area contributed by atoms with Gasteiger partial charge in [-0.05, 0) is 132 Å². The van der Waals surface area contributed by atoms with Crippen LogP contribution in [0.3, 0.4) is 0 Å². The number of aryl methyl sites for hydroxylation is 3. The molecule has 0 spiro atoms. The zero-order valence-electron chi connectivity index (χ0n) is 46.5. The van der Waals surface area contributed by atoms with Crippen molar-refractivity contribution in [2.45, 2.75) is 38.5 Å². The van der Waals surface area contributed by atoms with Gasteiger partial charge in [0.2, 0.25) is 0 Å². The van der Waals surface area contributed by atoms with Crippen LogP contribution in [-0.4, -0.2) is 51.0 Å². The van der Waals surface area contributed by atoms with Crippen LogP contribution in [-0.2, 0) is 21.1 Å². The van der Waals surface area contributed by atoms with E-state index in [0.717, 1.165) is 168 Å². The number of aromatic nitrogens is 8. The molecule has 0 fully saturated rings. The zero-order chi connectivity index (χ0) is 54.7. The average molecular weight is 1460 g/mol. The summed E-state index contributed by atoms with van der Waals surface area (Å²) in [5, 5.41) is 9.63. The van der Waals surface area contributed by atoms with Gasteiger partial charge in [0.1, 0.15) is 26.9 Å². The van der Waals surface area contributed by atoms with Gasteiger partial charge in [0.15, 0.2) is 37.2 Å². The average Bonchev–Trinajstić information content (AvgIpc) is 4.28. The second kappa shape index (κ2) is 27.1. The van der Waals surface area contributed by atoms with Crippen molar-refractivity contribution in [2.24, 2.45) is 21.1 Å². The predicted molar refractivity (Wildman–Crippen MR) is 323 cm³/mol. The largest absolute Gasteiger partial charge is 1.00 e. The molecule has 420 valence electrons. The van der Waals surface area contributed by atoms with Crippen molar-refractivity contribution in [3.63, 3.8) is 0 Å². The first-order chi connectivity index (χ1) is 39.1. The van der Waals surface area contributed by atoms with Crippen molar-refractivity contribution in [1.82, 2.24) is 30.2 Å². The highest BCUT2D eigenvalue weighted by molar-refractivity contribution is 6.31. The highest BCUT2D eigenvalue weighted by atomic mass is 127. The maximum Gasteiger partial charge on any atom is 0.251 e. The molecule has 0 saturated heterocycles. The van der Waals surface area contributed by atoms with Gasteiger partial charge in [0, 0.05) is 115 Å². The summed E-state index contributed by atoms with van der Waals surface area (Å²) in [6, 6.07) is 41.1. The Labute approximate surface area is 539 Å². The normalized spacial score (nSPS) is 11.5. The van der Waals surface area contributed by atoms with Crippen LogP contribution in [0.2, 0.25) is 5.02 Å². The Morgan fingerprint density at radius 3 is 1.37 bits per heavy atom. The quantitative estimate of drug-likeness (QED) is 0.0493. The molecule has 1 amide bonds. The first-order valence-corrected chi connectivity index (χ1v) is 27.7. The number of methoxy groups -OCH3 is 1. The Morgan fingerprint density at radius 1 is 0.482 bits per heavy atom. The highest BCUT2D eigenvalue weighted by Crippen LogP contribution is 2.39. The maximum absolute atomic E-state index is 13.7. The molecule has 0 saturated carbocycles. The van der Waals surface area contributed by atoms with E-state index in [4.69, 9.17) is 31.3 Å². The van der Waals surface area contributed by atoms with E-state index >= 15 is 0 Å². The van der Waals surface area contributed by atoms with Gasteiger partial charge >= 0.3 is 0 Å². The molecule has 10 aromatic rings. The molecule has 12 rings (SSSR count). The van der Waals surface area contributed by atoms with Gasteiger partial charge in [-0.1, -0.05) is 49.4 Å². The lowest BCUT2D eigenvalue weighted by molar-refractivity contribution is -0.671. The van der Waals surface area contributed by atoms with E-state index in [1.54, 1.807) is 7.11 Å². The number of rotatable bonds is 16. The van der Waals surface area contributed by atoms with Crippen molar-refractivity contribution in [3.8, 4) is 50.3 Å². The van der Waals surface area contributed by atoms with Gasteiger partial charge < -0.3 is 97.3 Å². The molecule has 9 heterocycles. The van der Waals surface area contributed by atoms with Crippen LogP contribution in [0.25, 0.3) is 113 Å². The number of unbranched alkanes of at least 4 members (excludes halogenated alkanes) is 5. The number of benzene rings is 3. The summed E-state index contributed by atoms with van der Waals surface area (Å²) in [7, 11) is 7.76. The molecule has 3 aromatic carbocycles. The molecule has 12 nitrogen and oxygen atoms in total. The third-order valence-electron chi connectivity index (χ3n) is 15.1. The molecular formula is C67H62ClI3N10O2. The lowest BCUT2D eigenvalue weighted by Crippen LogP contribution is -3.00. The molecule has 4 N–H and O–H groups in total. The number of ether oxygens (including phenoxy) is 1. The number of nitrogens with one attached hydrogen (secondary N) is 4. The van der Waals surface area contributed by atoms with Gasteiger partial charge in [-0.15, -0.1) is 0 Å². The monoisotopic (exact) mass is 1450 g/mol. The Hall–Kier alpha value is -7.07. The summed E-state index contributed by atoms with van der Waals surface area (Å²) >= 11 is 6.35. The van der Waals surface area contributed by atoms with Crippen molar-refractivity contribution in [3.05, 3.63) is 192 Å². The molecule has 0 atom stereocenters. The van der Waals surface area contributed by atoms with Crippen molar-refractivity contribution in [1.29, 1.82) is 0 Å². The van der Waals surface area contributed by atoms with E-state index in [-0.39, 0.29) is 77.8 Å². The number of H-pyrrole nitrogens is 2. The molecule has 0 unspecified atom stereocenters. The predicted octanol–water partition coefficient (Wildman–Crippen LogP) is 4.36. The molecule has 83 heavy (non-hydrogen) atoms. The fraction of sp³-hybridized carbons (Fsp3) is 0.179. The number of nitrogens with zero attached hydrogens (tertiary/aromatic N) is 6. The van der Waals surface area contributed by atoms with Crippen LogP contribution in [0.15, 0.2) is 159 Å². The number of aromatic amines is 2. The van der Waals surface area contributed by atoms with Crippen LogP contribution in [0.4, 0.5) is 5.69 Å². The Balaban J connectivity index is 0.00000276. The summed E-state index contributed by atoms with van der Waals surface area (Å²) in [6.07, 6.45) is 27.2. The summed E-state index contributed by atoms with van der Waals surface area (Å²) in [5.41, 5.74) is 18.3. The summed E-state index contributed by atoms with van der Waals surface area (Å²) in [4.78, 5) is 37.1. The van der Waals surface area contributed by atoms with E-state index in [0.29, 0.717) is 17.1 Å². The molecular weight excluding hydrogens is 1390 g/mol. The van der Waals surface area contributed by atoms with Gasteiger partial charge in [0.05, 0.1) is 46.6 Å². The zero-order valence-corrected chi connectivity index (χ0v) is 53.7. The minimum absolute atomic E-state index is 0. The van der Waals surface area contributed by atoms with E-state index in [1.807, 2.05) is 95.5 Å². The second-order valence-electron chi connectivity index (χ2n) is 20.7. The first kappa shape index (κ1) is 60.5. The Kier molecular flexibility index (Phi) is 19.8. The van der Waals surface area contributed by atoms with Crippen molar-refractivity contribution >= 4 is 91.4 Å². The number of halogens is 4. The first-order valence-electron chi connectivity index (χ1n) is 27.4. The van der Waals surface area contributed by atoms with Gasteiger partial charge in [-0.2, -0.15) is 0 Å². The lowest BCUT2D eigenvalue weighted by Gasteiger charge is -2.14. The van der Waals surface area contributed by atoms with Gasteiger partial charge in [0.25, 0.3) is 5.91 Å². The third-order valence-corrected chi connectivity index (χ3v) is 15.4. The summed E-state index contributed by atoms with van der Waals surface area (Å²) in [6.45, 7) is 1.46. The number of carbonyl (C=O) groups is 1. The van der Waals surface area contributed by atoms with E-state index < -0.39 is 0 Å². The second-order valence-corrected chi connectivity index (χ2v) is 21.1. The van der Waals surface area contributed by atoms with Crippen LogP contribution < -0.4 is 101 Å². The van der Waals surface area contributed by atoms with Crippen LogP contribution in [0.5, 0.6) is 5.75 Å². The molecule has 0 aliphatic carbocycles. The molecule has 0 radical (unpaired) electrons. The lowest BCUT2D eigenvalue weighted by atomic mass is 10.0. The van der Waals surface area contributed by atoms with Crippen molar-refractivity contribution in [2.75, 3.05) is 25.5 Å². The standard InChI is InChI=1S/C67H60ClN10O2.3HI/c1-76-35-27-44(28-36-76)63-55-21-19-53(72-55)62(54-20-22-56(73-54)64(45-29-37-77(2)38-30-45)58-24-26-60(75-58)65(59-25-23-57(63)74-59)46-31-39-78(3)40-32-46)43-11-13-47(14-12-43)67(79)70-34-10-8-6-5-7-9-33-69-66-50-17-15-48(68)41-61(50)71-52-18-16-49(80-4)42-51(52)66;;;/h11-32,35-42H,5-10,33-34H2,1-4H3,(H2-,69,70,71,72,73,74,75,79);3*1H/q+1;;;/p-1. The number of pyridine rings is 4. The van der Waals surface area contributed by atoms with Gasteiger partial charge in [-0.3, -0.25) is 4.79 Å². The van der Waals surface area contributed by atoms with E-state index in [9.17, 15) is 4.79 Å². The number of anilines is 1. The topological polar surface area (TPSA) is 132 Å².